The Balaban J connectivity index is 2.70. The summed E-state index contributed by atoms with van der Waals surface area (Å²) in [6, 6.07) is 6.09. The van der Waals surface area contributed by atoms with E-state index < -0.39 is 10.0 Å². The van der Waals surface area contributed by atoms with E-state index in [1.54, 1.807) is 0 Å². The summed E-state index contributed by atoms with van der Waals surface area (Å²) in [6.45, 7) is 8.21. The van der Waals surface area contributed by atoms with Crippen molar-refractivity contribution in [2.45, 2.75) is 53.0 Å². The minimum atomic E-state index is -3.50. The summed E-state index contributed by atoms with van der Waals surface area (Å²) in [5.74, 6) is 1.26. The summed E-state index contributed by atoms with van der Waals surface area (Å²) < 4.78 is 28.1. The molecule has 154 valence electrons. The molecule has 1 aromatic rings. The Kier molecular flexibility index (Phi) is 10.8. The fraction of sp³-hybridized carbons (Fsp3) is 0.632. The molecule has 0 fully saturated rings. The van der Waals surface area contributed by atoms with Gasteiger partial charge in [0.25, 0.3) is 0 Å². The van der Waals surface area contributed by atoms with Crippen molar-refractivity contribution in [2.24, 2.45) is 10.1 Å². The van der Waals surface area contributed by atoms with Gasteiger partial charge in [0.2, 0.25) is 10.0 Å². The van der Waals surface area contributed by atoms with Crippen molar-refractivity contribution < 1.29 is 13.2 Å². The number of nitrogens with one attached hydrogen (secondary N) is 2. The molecule has 27 heavy (non-hydrogen) atoms. The number of nitrogens with two attached hydrogens (primary N) is 1. The standard InChI is InChI=1S/C19H34N4O3S/c1-4-6-7-8-12-26-18-14-16(3)9-10-17(18)15-23-19(21-5-2)22-11-13-27(20,24)25/h9-10,14H,4-8,11-13,15H2,1-3H3,(H2,20,24,25)(H2,21,22,23). The van der Waals surface area contributed by atoms with E-state index in [1.165, 1.54) is 19.3 Å². The summed E-state index contributed by atoms with van der Waals surface area (Å²) in [7, 11) is -3.50. The fourth-order valence-corrected chi connectivity index (χ4v) is 2.84. The average molecular weight is 399 g/mol. The number of rotatable bonds is 12. The minimum absolute atomic E-state index is 0.145. The van der Waals surface area contributed by atoms with E-state index in [-0.39, 0.29) is 12.3 Å². The van der Waals surface area contributed by atoms with Gasteiger partial charge in [-0.2, -0.15) is 0 Å². The second kappa shape index (κ2) is 12.6. The van der Waals surface area contributed by atoms with Gasteiger partial charge in [-0.05, 0) is 31.9 Å². The summed E-state index contributed by atoms with van der Waals surface area (Å²) in [5, 5.41) is 11.1. The zero-order valence-electron chi connectivity index (χ0n) is 16.8. The molecule has 1 rings (SSSR count). The normalized spacial score (nSPS) is 12.1. The third-order valence-electron chi connectivity index (χ3n) is 3.91. The molecule has 0 amide bonds. The van der Waals surface area contributed by atoms with E-state index in [4.69, 9.17) is 9.88 Å². The summed E-state index contributed by atoms with van der Waals surface area (Å²) in [6.07, 6.45) is 4.65. The molecular weight excluding hydrogens is 364 g/mol. The maximum absolute atomic E-state index is 11.1. The van der Waals surface area contributed by atoms with Crippen LogP contribution in [-0.4, -0.2) is 39.8 Å². The van der Waals surface area contributed by atoms with E-state index in [0.29, 0.717) is 25.7 Å². The van der Waals surface area contributed by atoms with Gasteiger partial charge in [0.05, 0.1) is 18.9 Å². The Morgan fingerprint density at radius 2 is 1.96 bits per heavy atom. The van der Waals surface area contributed by atoms with Crippen LogP contribution in [0.15, 0.2) is 23.2 Å². The number of guanidine groups is 1. The number of aryl methyl sites for hydroxylation is 1. The van der Waals surface area contributed by atoms with Crippen LogP contribution >= 0.6 is 0 Å². The predicted molar refractivity (Wildman–Crippen MR) is 112 cm³/mol. The highest BCUT2D eigenvalue weighted by Gasteiger charge is 2.07. The molecule has 8 heteroatoms. The van der Waals surface area contributed by atoms with Gasteiger partial charge in [-0.3, -0.25) is 0 Å². The second-order valence-corrected chi connectivity index (χ2v) is 8.24. The summed E-state index contributed by atoms with van der Waals surface area (Å²) in [4.78, 5) is 4.53. The van der Waals surface area contributed by atoms with Crippen molar-refractivity contribution >= 4 is 16.0 Å². The van der Waals surface area contributed by atoms with Crippen LogP contribution in [-0.2, 0) is 16.6 Å². The molecule has 0 aromatic heterocycles. The molecule has 0 heterocycles. The van der Waals surface area contributed by atoms with Gasteiger partial charge in [-0.15, -0.1) is 0 Å². The lowest BCUT2D eigenvalue weighted by Gasteiger charge is -2.13. The van der Waals surface area contributed by atoms with Crippen molar-refractivity contribution in [2.75, 3.05) is 25.4 Å². The van der Waals surface area contributed by atoms with Gasteiger partial charge in [0, 0.05) is 18.7 Å². The molecule has 0 saturated heterocycles. The minimum Gasteiger partial charge on any atom is -0.493 e. The smallest absolute Gasteiger partial charge is 0.210 e. The fourth-order valence-electron chi connectivity index (χ4n) is 2.46. The van der Waals surface area contributed by atoms with E-state index in [9.17, 15) is 8.42 Å². The molecule has 0 aliphatic heterocycles. The Hall–Kier alpha value is -1.80. The third-order valence-corrected chi connectivity index (χ3v) is 4.68. The van der Waals surface area contributed by atoms with E-state index in [1.807, 2.05) is 32.0 Å². The lowest BCUT2D eigenvalue weighted by atomic mass is 10.1. The van der Waals surface area contributed by atoms with Gasteiger partial charge in [-0.1, -0.05) is 38.3 Å². The van der Waals surface area contributed by atoms with Crippen LogP contribution in [0.2, 0.25) is 0 Å². The zero-order chi connectivity index (χ0) is 20.1. The number of ether oxygens (including phenoxy) is 1. The largest absolute Gasteiger partial charge is 0.493 e. The van der Waals surface area contributed by atoms with Crippen LogP contribution in [0.25, 0.3) is 0 Å². The number of benzene rings is 1. The van der Waals surface area contributed by atoms with Crippen LogP contribution in [0.3, 0.4) is 0 Å². The van der Waals surface area contributed by atoms with Crippen molar-refractivity contribution in [3.63, 3.8) is 0 Å². The maximum Gasteiger partial charge on any atom is 0.210 e. The van der Waals surface area contributed by atoms with Crippen LogP contribution in [0.5, 0.6) is 5.75 Å². The molecule has 7 nitrogen and oxygen atoms in total. The molecule has 0 saturated carbocycles. The number of hydrogen-bond donors (Lipinski definition) is 3. The molecule has 4 N–H and O–H groups in total. The van der Waals surface area contributed by atoms with E-state index >= 15 is 0 Å². The number of sulfonamides is 1. The predicted octanol–water partition coefficient (Wildman–Crippen LogP) is 2.30. The molecule has 0 bridgehead atoms. The van der Waals surface area contributed by atoms with Crippen LogP contribution in [0.4, 0.5) is 0 Å². The Morgan fingerprint density at radius 1 is 1.19 bits per heavy atom. The molecule has 0 spiro atoms. The third kappa shape index (κ3) is 10.8. The van der Waals surface area contributed by atoms with Crippen LogP contribution in [0.1, 0.15) is 50.7 Å². The van der Waals surface area contributed by atoms with Crippen molar-refractivity contribution in [3.05, 3.63) is 29.3 Å². The van der Waals surface area contributed by atoms with Gasteiger partial charge in [0.15, 0.2) is 5.96 Å². The van der Waals surface area contributed by atoms with Gasteiger partial charge >= 0.3 is 0 Å². The Bertz CT molecular complexity index is 690. The molecule has 0 aliphatic carbocycles. The van der Waals surface area contributed by atoms with Crippen molar-refractivity contribution in [3.8, 4) is 5.75 Å². The first-order chi connectivity index (χ1) is 12.9. The molecule has 0 atom stereocenters. The van der Waals surface area contributed by atoms with Crippen LogP contribution in [0, 0.1) is 6.92 Å². The van der Waals surface area contributed by atoms with Crippen LogP contribution < -0.4 is 20.5 Å². The van der Waals surface area contributed by atoms with Crippen molar-refractivity contribution in [1.29, 1.82) is 0 Å². The number of aliphatic imine (C=N–C) groups is 1. The molecule has 0 radical (unpaired) electrons. The van der Waals surface area contributed by atoms with E-state index in [2.05, 4.69) is 22.5 Å². The Morgan fingerprint density at radius 3 is 2.63 bits per heavy atom. The first kappa shape index (κ1) is 23.2. The quantitative estimate of drug-likeness (QED) is 0.285. The maximum atomic E-state index is 11.1. The van der Waals surface area contributed by atoms with Crippen molar-refractivity contribution in [1.82, 2.24) is 10.6 Å². The van der Waals surface area contributed by atoms with Gasteiger partial charge < -0.3 is 15.4 Å². The number of nitrogens with zero attached hydrogens (tertiary/aromatic N) is 1. The number of primary sulfonamides is 1. The first-order valence-corrected chi connectivity index (χ1v) is 11.3. The average Bonchev–Trinajstić information content (AvgIpc) is 2.59. The summed E-state index contributed by atoms with van der Waals surface area (Å²) >= 11 is 0. The second-order valence-electron chi connectivity index (χ2n) is 6.51. The lowest BCUT2D eigenvalue weighted by Crippen LogP contribution is -2.40. The topological polar surface area (TPSA) is 106 Å². The SMILES string of the molecule is CCCCCCOc1cc(C)ccc1CN=C(NCC)NCCS(N)(=O)=O. The highest BCUT2D eigenvalue weighted by atomic mass is 32.2. The molecule has 0 unspecified atom stereocenters. The molecular formula is C19H34N4O3S. The Labute approximate surface area is 163 Å². The summed E-state index contributed by atoms with van der Waals surface area (Å²) in [5.41, 5.74) is 2.14. The number of unbranched alkanes of at least 4 members (excludes halogenated alkanes) is 3. The zero-order valence-corrected chi connectivity index (χ0v) is 17.6. The molecule has 0 aliphatic rings. The van der Waals surface area contributed by atoms with Gasteiger partial charge in [-0.25, -0.2) is 18.5 Å². The first-order valence-electron chi connectivity index (χ1n) is 9.60. The highest BCUT2D eigenvalue weighted by Crippen LogP contribution is 2.21. The highest BCUT2D eigenvalue weighted by molar-refractivity contribution is 7.89. The van der Waals surface area contributed by atoms with E-state index in [0.717, 1.165) is 23.3 Å². The lowest BCUT2D eigenvalue weighted by molar-refractivity contribution is 0.302. The monoisotopic (exact) mass is 398 g/mol. The van der Waals surface area contributed by atoms with Gasteiger partial charge in [0.1, 0.15) is 5.75 Å². The number of hydrogen-bond acceptors (Lipinski definition) is 4. The molecule has 1 aromatic carbocycles.